The minimum absolute atomic E-state index is 0.0647. The maximum absolute atomic E-state index is 6.60. The van der Waals surface area contributed by atoms with Crippen LogP contribution in [-0.2, 0) is 9.47 Å². The first-order valence-corrected chi connectivity index (χ1v) is 8.95. The summed E-state index contributed by atoms with van der Waals surface area (Å²) in [5, 5.41) is 0. The van der Waals surface area contributed by atoms with Crippen LogP contribution in [0.2, 0.25) is 0 Å². The standard InChI is InChI=1S/C21H25NO2/c22-15-16-8-7-13-21(14-16)23-19(17-9-3-1-4-10-17)20(24-21)18-11-5-2-6-12-18/h1-6,9-12,16,19-20H,7-8,13-15,22H2. The molecule has 2 N–H and O–H groups in total. The molecule has 2 aromatic rings. The maximum Gasteiger partial charge on any atom is 0.170 e. The average molecular weight is 323 g/mol. The van der Waals surface area contributed by atoms with Crippen LogP contribution in [0.15, 0.2) is 60.7 Å². The molecule has 0 amide bonds. The van der Waals surface area contributed by atoms with E-state index in [0.717, 1.165) is 19.3 Å². The molecule has 3 atom stereocenters. The number of ether oxygens (including phenoxy) is 2. The van der Waals surface area contributed by atoms with Gasteiger partial charge < -0.3 is 15.2 Å². The van der Waals surface area contributed by atoms with Gasteiger partial charge in [-0.1, -0.05) is 60.7 Å². The Hall–Kier alpha value is -1.68. The third kappa shape index (κ3) is 3.00. The van der Waals surface area contributed by atoms with Gasteiger partial charge in [0.15, 0.2) is 5.79 Å². The molecule has 1 saturated carbocycles. The van der Waals surface area contributed by atoms with Gasteiger partial charge in [-0.15, -0.1) is 0 Å². The van der Waals surface area contributed by atoms with E-state index >= 15 is 0 Å². The van der Waals surface area contributed by atoms with Gasteiger partial charge in [0.2, 0.25) is 0 Å². The van der Waals surface area contributed by atoms with Crippen molar-refractivity contribution in [2.75, 3.05) is 6.54 Å². The Balaban J connectivity index is 1.68. The minimum atomic E-state index is -0.483. The third-order valence-electron chi connectivity index (χ3n) is 5.32. The summed E-state index contributed by atoms with van der Waals surface area (Å²) in [5.74, 6) is 0.00763. The van der Waals surface area contributed by atoms with E-state index in [4.69, 9.17) is 15.2 Å². The second kappa shape index (κ2) is 6.67. The normalized spacial score (nSPS) is 33.0. The summed E-state index contributed by atoms with van der Waals surface area (Å²) < 4.78 is 13.2. The molecule has 3 unspecified atom stereocenters. The molecule has 0 aromatic heterocycles. The molecule has 126 valence electrons. The molecule has 2 aromatic carbocycles. The van der Waals surface area contributed by atoms with Gasteiger partial charge in [-0.25, -0.2) is 0 Å². The number of hydrogen-bond acceptors (Lipinski definition) is 3. The van der Waals surface area contributed by atoms with Crippen LogP contribution in [0, 0.1) is 5.92 Å². The van der Waals surface area contributed by atoms with Gasteiger partial charge >= 0.3 is 0 Å². The van der Waals surface area contributed by atoms with Crippen LogP contribution >= 0.6 is 0 Å². The van der Waals surface area contributed by atoms with E-state index in [1.807, 2.05) is 12.1 Å². The fourth-order valence-corrected chi connectivity index (χ4v) is 4.10. The van der Waals surface area contributed by atoms with Crippen LogP contribution in [0.5, 0.6) is 0 Å². The average Bonchev–Trinajstić information content (AvgIpc) is 3.02. The molecule has 1 spiro atoms. The Bertz CT molecular complexity index is 611. The van der Waals surface area contributed by atoms with Crippen molar-refractivity contribution in [2.24, 2.45) is 11.7 Å². The molecule has 3 heteroatoms. The second-order valence-corrected chi connectivity index (χ2v) is 7.01. The summed E-state index contributed by atoms with van der Waals surface area (Å²) in [6, 6.07) is 20.9. The molecule has 2 aliphatic rings. The quantitative estimate of drug-likeness (QED) is 0.912. The number of rotatable bonds is 3. The van der Waals surface area contributed by atoms with Crippen LogP contribution in [0.4, 0.5) is 0 Å². The van der Waals surface area contributed by atoms with Gasteiger partial charge in [0.05, 0.1) is 0 Å². The number of hydrogen-bond donors (Lipinski definition) is 1. The van der Waals surface area contributed by atoms with Crippen molar-refractivity contribution in [1.29, 1.82) is 0 Å². The molecule has 3 nitrogen and oxygen atoms in total. The maximum atomic E-state index is 6.60. The van der Waals surface area contributed by atoms with Crippen molar-refractivity contribution in [3.05, 3.63) is 71.8 Å². The molecule has 1 heterocycles. The molecule has 1 aliphatic carbocycles. The van der Waals surface area contributed by atoms with Crippen molar-refractivity contribution in [1.82, 2.24) is 0 Å². The van der Waals surface area contributed by atoms with Crippen molar-refractivity contribution in [2.45, 2.75) is 43.7 Å². The Morgan fingerprint density at radius 3 is 1.92 bits per heavy atom. The first-order valence-electron chi connectivity index (χ1n) is 8.95. The summed E-state index contributed by atoms with van der Waals surface area (Å²) in [7, 11) is 0. The van der Waals surface area contributed by atoms with E-state index in [9.17, 15) is 0 Å². The topological polar surface area (TPSA) is 44.5 Å². The Kier molecular flexibility index (Phi) is 4.40. The third-order valence-corrected chi connectivity index (χ3v) is 5.32. The van der Waals surface area contributed by atoms with E-state index in [1.165, 1.54) is 17.5 Å². The van der Waals surface area contributed by atoms with Gasteiger partial charge in [-0.2, -0.15) is 0 Å². The fourth-order valence-electron chi connectivity index (χ4n) is 4.10. The summed E-state index contributed by atoms with van der Waals surface area (Å²) in [6.07, 6.45) is 4.02. The van der Waals surface area contributed by atoms with Gasteiger partial charge in [0.25, 0.3) is 0 Å². The second-order valence-electron chi connectivity index (χ2n) is 7.01. The Labute approximate surface area is 143 Å². The molecule has 0 bridgehead atoms. The summed E-state index contributed by atoms with van der Waals surface area (Å²) in [4.78, 5) is 0. The highest BCUT2D eigenvalue weighted by Crippen LogP contribution is 2.52. The van der Waals surface area contributed by atoms with Crippen LogP contribution in [-0.4, -0.2) is 12.3 Å². The van der Waals surface area contributed by atoms with Gasteiger partial charge in [-0.05, 0) is 36.4 Å². The van der Waals surface area contributed by atoms with Crippen molar-refractivity contribution in [3.63, 3.8) is 0 Å². The van der Waals surface area contributed by atoms with Gasteiger partial charge in [-0.3, -0.25) is 0 Å². The largest absolute Gasteiger partial charge is 0.339 e. The van der Waals surface area contributed by atoms with Crippen molar-refractivity contribution < 1.29 is 9.47 Å². The number of nitrogens with two attached hydrogens (primary N) is 1. The lowest BCUT2D eigenvalue weighted by Crippen LogP contribution is -2.38. The lowest BCUT2D eigenvalue weighted by molar-refractivity contribution is -0.203. The monoisotopic (exact) mass is 323 g/mol. The van der Waals surface area contributed by atoms with E-state index in [1.54, 1.807) is 0 Å². The van der Waals surface area contributed by atoms with E-state index < -0.39 is 5.79 Å². The molecular weight excluding hydrogens is 298 g/mol. The Morgan fingerprint density at radius 2 is 1.42 bits per heavy atom. The van der Waals surface area contributed by atoms with Crippen LogP contribution < -0.4 is 5.73 Å². The number of benzene rings is 2. The predicted molar refractivity (Wildman–Crippen MR) is 94.3 cm³/mol. The lowest BCUT2D eigenvalue weighted by atomic mass is 9.85. The molecule has 4 rings (SSSR count). The fraction of sp³-hybridized carbons (Fsp3) is 0.429. The van der Waals surface area contributed by atoms with Crippen molar-refractivity contribution >= 4 is 0 Å². The zero-order valence-electron chi connectivity index (χ0n) is 13.9. The smallest absolute Gasteiger partial charge is 0.170 e. The highest BCUT2D eigenvalue weighted by atomic mass is 16.8. The summed E-state index contributed by atoms with van der Waals surface area (Å²) >= 11 is 0. The molecule has 1 saturated heterocycles. The SMILES string of the molecule is NCC1CCCC2(C1)OC(c1ccccc1)C(c1ccccc1)O2. The van der Waals surface area contributed by atoms with Gasteiger partial charge in [0, 0.05) is 12.8 Å². The Morgan fingerprint density at radius 1 is 0.875 bits per heavy atom. The highest BCUT2D eigenvalue weighted by Gasteiger charge is 2.50. The van der Waals surface area contributed by atoms with Crippen molar-refractivity contribution in [3.8, 4) is 0 Å². The summed E-state index contributed by atoms with van der Waals surface area (Å²) in [6.45, 7) is 0.709. The first kappa shape index (κ1) is 15.8. The van der Waals surface area contributed by atoms with Crippen LogP contribution in [0.1, 0.15) is 49.0 Å². The molecular formula is C21H25NO2. The summed E-state index contributed by atoms with van der Waals surface area (Å²) in [5.41, 5.74) is 8.29. The predicted octanol–water partition coefficient (Wildman–Crippen LogP) is 4.36. The minimum Gasteiger partial charge on any atom is -0.339 e. The molecule has 0 radical (unpaired) electrons. The zero-order valence-corrected chi connectivity index (χ0v) is 13.9. The van der Waals surface area contributed by atoms with Gasteiger partial charge in [0.1, 0.15) is 12.2 Å². The zero-order chi connectivity index (χ0) is 16.4. The highest BCUT2D eigenvalue weighted by molar-refractivity contribution is 5.26. The first-order chi connectivity index (χ1) is 11.8. The van der Waals surface area contributed by atoms with E-state index in [-0.39, 0.29) is 12.2 Å². The molecule has 1 aliphatic heterocycles. The van der Waals surface area contributed by atoms with E-state index in [0.29, 0.717) is 12.5 Å². The van der Waals surface area contributed by atoms with E-state index in [2.05, 4.69) is 48.5 Å². The lowest BCUT2D eigenvalue weighted by Gasteiger charge is -2.36. The molecule has 2 fully saturated rings. The van der Waals surface area contributed by atoms with Crippen LogP contribution in [0.3, 0.4) is 0 Å². The van der Waals surface area contributed by atoms with Crippen LogP contribution in [0.25, 0.3) is 0 Å². The molecule has 24 heavy (non-hydrogen) atoms.